The van der Waals surface area contributed by atoms with Gasteiger partial charge in [0.25, 0.3) is 0 Å². The monoisotopic (exact) mass is 295 g/mol. The molecule has 0 amide bonds. The second kappa shape index (κ2) is 5.54. The van der Waals surface area contributed by atoms with E-state index in [0.29, 0.717) is 0 Å². The van der Waals surface area contributed by atoms with E-state index < -0.39 is 0 Å². The lowest BCUT2D eigenvalue weighted by molar-refractivity contribution is 0.583. The zero-order valence-corrected chi connectivity index (χ0v) is 12.6. The van der Waals surface area contributed by atoms with Crippen LogP contribution < -0.4 is 10.2 Å². The molecule has 1 N–H and O–H groups in total. The van der Waals surface area contributed by atoms with E-state index in [9.17, 15) is 0 Å². The van der Waals surface area contributed by atoms with Crippen LogP contribution in [-0.2, 0) is 0 Å². The zero-order valence-electron chi connectivity index (χ0n) is 11.7. The van der Waals surface area contributed by atoms with Crippen LogP contribution in [0.25, 0.3) is 12.2 Å². The Kier molecular flexibility index (Phi) is 3.41. The molecule has 1 aromatic carbocycles. The summed E-state index contributed by atoms with van der Waals surface area (Å²) in [5.74, 6) is 1.09. The van der Waals surface area contributed by atoms with Crippen molar-refractivity contribution >= 4 is 29.7 Å². The SMILES string of the molecule is C1=Cc2ccc(N3CCNCC3)nc2Sc2ccccc21. The van der Waals surface area contributed by atoms with Crippen LogP contribution in [0, 0.1) is 0 Å². The van der Waals surface area contributed by atoms with E-state index >= 15 is 0 Å². The van der Waals surface area contributed by atoms with Crippen molar-refractivity contribution in [3.63, 3.8) is 0 Å². The van der Waals surface area contributed by atoms with Gasteiger partial charge in [-0.1, -0.05) is 42.1 Å². The zero-order chi connectivity index (χ0) is 14.1. The van der Waals surface area contributed by atoms with E-state index in [1.54, 1.807) is 11.8 Å². The lowest BCUT2D eigenvalue weighted by Crippen LogP contribution is -2.43. The molecule has 4 rings (SSSR count). The first-order valence-corrected chi connectivity index (χ1v) is 8.13. The van der Waals surface area contributed by atoms with E-state index in [-0.39, 0.29) is 0 Å². The number of aromatic nitrogens is 1. The molecule has 2 aliphatic heterocycles. The number of hydrogen-bond acceptors (Lipinski definition) is 4. The molecule has 0 atom stereocenters. The molecule has 106 valence electrons. The average molecular weight is 295 g/mol. The van der Waals surface area contributed by atoms with Gasteiger partial charge in [-0.25, -0.2) is 4.98 Å². The Balaban J connectivity index is 1.70. The van der Waals surface area contributed by atoms with Gasteiger partial charge in [-0.15, -0.1) is 0 Å². The predicted molar refractivity (Wildman–Crippen MR) is 88.8 cm³/mol. The predicted octanol–water partition coefficient (Wildman–Crippen LogP) is 3.13. The molecule has 1 saturated heterocycles. The molecule has 1 aromatic heterocycles. The fraction of sp³-hybridized carbons (Fsp3) is 0.235. The van der Waals surface area contributed by atoms with Gasteiger partial charge in [0.2, 0.25) is 0 Å². The summed E-state index contributed by atoms with van der Waals surface area (Å²) in [6.07, 6.45) is 4.35. The van der Waals surface area contributed by atoms with Crippen LogP contribution in [0.2, 0.25) is 0 Å². The molecule has 4 heteroatoms. The first kappa shape index (κ1) is 12.9. The molecule has 3 nitrogen and oxygen atoms in total. The van der Waals surface area contributed by atoms with Gasteiger partial charge in [0, 0.05) is 36.6 Å². The Morgan fingerprint density at radius 1 is 0.952 bits per heavy atom. The smallest absolute Gasteiger partial charge is 0.129 e. The maximum Gasteiger partial charge on any atom is 0.129 e. The van der Waals surface area contributed by atoms with Crippen LogP contribution in [0.4, 0.5) is 5.82 Å². The van der Waals surface area contributed by atoms with Crippen molar-refractivity contribution in [1.29, 1.82) is 0 Å². The quantitative estimate of drug-likeness (QED) is 0.746. The molecule has 0 unspecified atom stereocenters. The summed E-state index contributed by atoms with van der Waals surface area (Å²) >= 11 is 1.77. The van der Waals surface area contributed by atoms with Crippen molar-refractivity contribution in [2.45, 2.75) is 9.92 Å². The summed E-state index contributed by atoms with van der Waals surface area (Å²) in [4.78, 5) is 8.54. The van der Waals surface area contributed by atoms with Crippen LogP contribution in [-0.4, -0.2) is 31.2 Å². The third-order valence-electron chi connectivity index (χ3n) is 3.88. The Labute approximate surface area is 129 Å². The van der Waals surface area contributed by atoms with E-state index in [4.69, 9.17) is 4.98 Å². The number of nitrogens with one attached hydrogen (secondary N) is 1. The highest BCUT2D eigenvalue weighted by atomic mass is 32.2. The van der Waals surface area contributed by atoms with Crippen molar-refractivity contribution in [1.82, 2.24) is 10.3 Å². The average Bonchev–Trinajstić information content (AvgIpc) is 2.74. The third-order valence-corrected chi connectivity index (χ3v) is 5.00. The Hall–Kier alpha value is -1.78. The number of hydrogen-bond donors (Lipinski definition) is 1. The normalized spacial score (nSPS) is 17.0. The van der Waals surface area contributed by atoms with Gasteiger partial charge in [-0.05, 0) is 23.8 Å². The van der Waals surface area contributed by atoms with Crippen LogP contribution in [0.1, 0.15) is 11.1 Å². The summed E-state index contributed by atoms with van der Waals surface area (Å²) in [5.41, 5.74) is 2.47. The van der Waals surface area contributed by atoms with E-state index in [1.165, 1.54) is 16.0 Å². The van der Waals surface area contributed by atoms with Gasteiger partial charge in [0.1, 0.15) is 10.8 Å². The van der Waals surface area contributed by atoms with Gasteiger partial charge in [0.05, 0.1) is 0 Å². The number of fused-ring (bicyclic) bond motifs is 2. The van der Waals surface area contributed by atoms with E-state index in [2.05, 4.69) is 58.8 Å². The van der Waals surface area contributed by atoms with Crippen LogP contribution in [0.15, 0.2) is 46.3 Å². The Bertz CT molecular complexity index is 690. The van der Waals surface area contributed by atoms with E-state index in [1.807, 2.05) is 0 Å². The minimum absolute atomic E-state index is 1.03. The summed E-state index contributed by atoms with van der Waals surface area (Å²) < 4.78 is 0. The van der Waals surface area contributed by atoms with Crippen LogP contribution >= 0.6 is 11.8 Å². The highest BCUT2D eigenvalue weighted by Gasteiger charge is 2.16. The van der Waals surface area contributed by atoms with Gasteiger partial charge >= 0.3 is 0 Å². The lowest BCUT2D eigenvalue weighted by atomic mass is 10.1. The minimum Gasteiger partial charge on any atom is -0.354 e. The second-order valence-electron chi connectivity index (χ2n) is 5.27. The highest BCUT2D eigenvalue weighted by molar-refractivity contribution is 7.99. The van der Waals surface area contributed by atoms with E-state index in [0.717, 1.165) is 37.0 Å². The molecule has 0 spiro atoms. The van der Waals surface area contributed by atoms with Gasteiger partial charge < -0.3 is 10.2 Å². The molecular weight excluding hydrogens is 278 g/mol. The van der Waals surface area contributed by atoms with Crippen LogP contribution in [0.3, 0.4) is 0 Å². The van der Waals surface area contributed by atoms with Crippen molar-refractivity contribution < 1.29 is 0 Å². The fourth-order valence-corrected chi connectivity index (χ4v) is 3.72. The molecule has 0 bridgehead atoms. The first-order chi connectivity index (χ1) is 10.4. The summed E-state index contributed by atoms with van der Waals surface area (Å²) in [6, 6.07) is 12.8. The molecule has 0 radical (unpaired) electrons. The minimum atomic E-state index is 1.03. The summed E-state index contributed by atoms with van der Waals surface area (Å²) in [5, 5.41) is 4.49. The Morgan fingerprint density at radius 2 is 1.76 bits per heavy atom. The van der Waals surface area contributed by atoms with Gasteiger partial charge in [0.15, 0.2) is 0 Å². The van der Waals surface area contributed by atoms with Crippen molar-refractivity contribution in [3.05, 3.63) is 47.5 Å². The summed E-state index contributed by atoms with van der Waals surface area (Å²) in [6.45, 7) is 4.13. The number of rotatable bonds is 1. The lowest BCUT2D eigenvalue weighted by Gasteiger charge is -2.28. The number of benzene rings is 1. The molecule has 0 saturated carbocycles. The van der Waals surface area contributed by atoms with Crippen LogP contribution in [0.5, 0.6) is 0 Å². The van der Waals surface area contributed by atoms with Gasteiger partial charge in [-0.2, -0.15) is 0 Å². The van der Waals surface area contributed by atoms with Crippen molar-refractivity contribution in [3.8, 4) is 0 Å². The number of anilines is 1. The highest BCUT2D eigenvalue weighted by Crippen LogP contribution is 2.36. The largest absolute Gasteiger partial charge is 0.354 e. The topological polar surface area (TPSA) is 28.2 Å². The number of piperazine rings is 1. The molecular formula is C17H17N3S. The number of pyridine rings is 1. The van der Waals surface area contributed by atoms with Crippen molar-refractivity contribution in [2.75, 3.05) is 31.1 Å². The molecule has 1 fully saturated rings. The third kappa shape index (κ3) is 2.57. The molecule has 21 heavy (non-hydrogen) atoms. The molecule has 0 aliphatic carbocycles. The maximum absolute atomic E-state index is 4.91. The van der Waals surface area contributed by atoms with Gasteiger partial charge in [-0.3, -0.25) is 0 Å². The standard InChI is InChI=1S/C17H17N3S/c1-2-4-15-13(3-1)5-6-14-7-8-16(19-17(14)21-15)20-11-9-18-10-12-20/h1-8,18H,9-12H2. The molecule has 2 aromatic rings. The maximum atomic E-state index is 4.91. The second-order valence-corrected chi connectivity index (χ2v) is 6.30. The molecule has 2 aliphatic rings. The summed E-state index contributed by atoms with van der Waals surface area (Å²) in [7, 11) is 0. The molecule has 3 heterocycles. The first-order valence-electron chi connectivity index (χ1n) is 7.32. The number of nitrogens with zero attached hydrogens (tertiary/aromatic N) is 2. The Morgan fingerprint density at radius 3 is 2.67 bits per heavy atom. The fourth-order valence-electron chi connectivity index (χ4n) is 2.71. The van der Waals surface area contributed by atoms with Crippen molar-refractivity contribution in [2.24, 2.45) is 0 Å².